The summed E-state index contributed by atoms with van der Waals surface area (Å²) in [6.45, 7) is 0. The van der Waals surface area contributed by atoms with Gasteiger partial charge in [0.1, 0.15) is 0 Å². The second-order valence-electron chi connectivity index (χ2n) is 27.1. The van der Waals surface area contributed by atoms with Gasteiger partial charge in [0.2, 0.25) is 0 Å². The van der Waals surface area contributed by atoms with Crippen LogP contribution in [0.25, 0.3) is 197 Å². The van der Waals surface area contributed by atoms with E-state index in [9.17, 15) is 0 Å². The van der Waals surface area contributed by atoms with E-state index in [0.717, 1.165) is 0 Å². The second-order valence-corrected chi connectivity index (χ2v) is 27.1. The highest BCUT2D eigenvalue weighted by molar-refractivity contribution is 6.32. The van der Waals surface area contributed by atoms with Crippen molar-refractivity contribution in [3.8, 4) is 111 Å². The minimum Gasteiger partial charge on any atom is -0.0622 e. The van der Waals surface area contributed by atoms with E-state index in [2.05, 4.69) is 413 Å². The summed E-state index contributed by atoms with van der Waals surface area (Å²) in [5, 5.41) is 20.1. The predicted molar refractivity (Wildman–Crippen MR) is 447 cm³/mol. The molecule has 0 radical (unpaired) electrons. The third-order valence-electron chi connectivity index (χ3n) is 21.3. The molecule has 0 unspecified atom stereocenters. The minimum absolute atomic E-state index is 1.22. The molecular formula is C104H68. The van der Waals surface area contributed by atoms with E-state index in [4.69, 9.17) is 0 Å². The van der Waals surface area contributed by atoms with Crippen LogP contribution in [0, 0.1) is 0 Å². The van der Waals surface area contributed by atoms with Crippen LogP contribution in [0.15, 0.2) is 413 Å². The molecule has 0 aliphatic heterocycles. The summed E-state index contributed by atoms with van der Waals surface area (Å²) in [6.07, 6.45) is 0. The van der Waals surface area contributed by atoms with Gasteiger partial charge in [-0.1, -0.05) is 400 Å². The average molecular weight is 1320 g/mol. The van der Waals surface area contributed by atoms with Gasteiger partial charge < -0.3 is 0 Å². The average Bonchev–Trinajstić information content (AvgIpc) is 0.715. The predicted octanol–water partition coefficient (Wildman–Crippen LogP) is 29.3. The lowest BCUT2D eigenvalue weighted by Gasteiger charge is -2.23. The molecule has 0 aliphatic carbocycles. The van der Waals surface area contributed by atoms with Crippen molar-refractivity contribution in [3.63, 3.8) is 0 Å². The van der Waals surface area contributed by atoms with Crippen LogP contribution < -0.4 is 0 Å². The summed E-state index contributed by atoms with van der Waals surface area (Å²) < 4.78 is 0. The standard InChI is InChI=1S/2C52H34/c1-3-17-35(18-4-1)37-21-15-23-39(33-37)49-41-25-7-11-29-45(41)51(46-30-12-8-26-42(46)49)52-47-31-13-9-27-43(47)50(44-28-10-14-32-48(44)52)40-24-16-22-38(34-40)36-19-5-2-6-20-36;1-3-19-35(20-4-1)37-23-7-9-25-39(37)49-41-27-11-15-31-45(41)51(46-32-16-12-28-42(46)49)52-47-33-17-13-29-43(47)50(44-30-14-18-34-48(44)52)40-26-10-8-24-38(40)36-21-5-2-6-22-36/h2*1-34H. The van der Waals surface area contributed by atoms with Crippen molar-refractivity contribution in [3.05, 3.63) is 413 Å². The van der Waals surface area contributed by atoms with Crippen molar-refractivity contribution in [2.45, 2.75) is 0 Å². The normalized spacial score (nSPS) is 11.5. The Kier molecular flexibility index (Phi) is 15.7. The molecular weight excluding hydrogens is 1250 g/mol. The maximum Gasteiger partial charge on any atom is -0.00139 e. The first-order valence-corrected chi connectivity index (χ1v) is 36.1. The topological polar surface area (TPSA) is 0 Å². The van der Waals surface area contributed by atoms with Crippen LogP contribution in [-0.2, 0) is 0 Å². The number of hydrogen-bond donors (Lipinski definition) is 0. The van der Waals surface area contributed by atoms with Gasteiger partial charge in [-0.15, -0.1) is 0 Å². The Labute approximate surface area is 606 Å². The summed E-state index contributed by atoms with van der Waals surface area (Å²) in [5.74, 6) is 0. The molecule has 0 bridgehead atoms. The van der Waals surface area contributed by atoms with Crippen molar-refractivity contribution in [2.75, 3.05) is 0 Å². The van der Waals surface area contributed by atoms with Crippen molar-refractivity contribution in [1.29, 1.82) is 0 Å². The van der Waals surface area contributed by atoms with Gasteiger partial charge in [-0.2, -0.15) is 0 Å². The Morgan fingerprint density at radius 1 is 0.0865 bits per heavy atom. The third-order valence-corrected chi connectivity index (χ3v) is 21.3. The number of hydrogen-bond acceptors (Lipinski definition) is 0. The molecule has 0 fully saturated rings. The summed E-state index contributed by atoms with van der Waals surface area (Å²) in [6, 6.07) is 151. The zero-order chi connectivity index (χ0) is 68.9. The van der Waals surface area contributed by atoms with Gasteiger partial charge in [0, 0.05) is 0 Å². The van der Waals surface area contributed by atoms with Crippen LogP contribution >= 0.6 is 0 Å². The SMILES string of the molecule is c1ccc(-c2cccc(-c3c4ccccc4c(-c4c5ccccc5c(-c5cccc(-c6ccccc6)c5)c5ccccc45)c4ccccc34)c2)cc1.c1ccc(-c2ccccc2-c2c3ccccc3c(-c3c4ccccc4c(-c4ccccc4-c4ccccc4)c4ccccc34)c3ccccc23)cc1. The molecule has 0 saturated carbocycles. The molecule has 20 aromatic rings. The third kappa shape index (κ3) is 10.6. The molecule has 0 atom stereocenters. The van der Waals surface area contributed by atoms with Crippen LogP contribution in [0.5, 0.6) is 0 Å². The molecule has 0 aromatic heterocycles. The van der Waals surface area contributed by atoms with Gasteiger partial charge in [-0.25, -0.2) is 0 Å². The molecule has 0 amide bonds. The highest BCUT2D eigenvalue weighted by Gasteiger charge is 2.26. The van der Waals surface area contributed by atoms with Crippen LogP contribution in [-0.4, -0.2) is 0 Å². The fraction of sp³-hybridized carbons (Fsp3) is 0. The van der Waals surface area contributed by atoms with Crippen LogP contribution in [0.2, 0.25) is 0 Å². The van der Waals surface area contributed by atoms with Gasteiger partial charge in [-0.3, -0.25) is 0 Å². The molecule has 0 N–H and O–H groups in total. The Balaban J connectivity index is 0.000000143. The molecule has 20 aromatic carbocycles. The minimum atomic E-state index is 1.22. The van der Waals surface area contributed by atoms with Crippen molar-refractivity contribution in [2.24, 2.45) is 0 Å². The fourth-order valence-corrected chi connectivity index (χ4v) is 16.9. The number of fused-ring (bicyclic) bond motifs is 8. The van der Waals surface area contributed by atoms with E-state index in [1.54, 1.807) is 0 Å². The number of benzene rings is 20. The largest absolute Gasteiger partial charge is 0.0622 e. The molecule has 484 valence electrons. The van der Waals surface area contributed by atoms with Gasteiger partial charge >= 0.3 is 0 Å². The van der Waals surface area contributed by atoms with E-state index in [1.807, 2.05) is 0 Å². The smallest absolute Gasteiger partial charge is 0.00139 e. The Morgan fingerprint density at radius 3 is 0.490 bits per heavy atom. The zero-order valence-electron chi connectivity index (χ0n) is 57.3. The Hall–Kier alpha value is -13.5. The van der Waals surface area contributed by atoms with E-state index in [-0.39, 0.29) is 0 Å². The van der Waals surface area contributed by atoms with Crippen LogP contribution in [0.4, 0.5) is 0 Å². The number of rotatable bonds is 10. The summed E-state index contributed by atoms with van der Waals surface area (Å²) in [7, 11) is 0. The second kappa shape index (κ2) is 26.5. The van der Waals surface area contributed by atoms with E-state index in [1.165, 1.54) is 197 Å². The van der Waals surface area contributed by atoms with Gasteiger partial charge in [0.25, 0.3) is 0 Å². The quantitative estimate of drug-likeness (QED) is 0.120. The molecule has 0 heterocycles. The van der Waals surface area contributed by atoms with E-state index >= 15 is 0 Å². The first-order chi connectivity index (χ1) is 51.7. The maximum absolute atomic E-state index is 2.35. The monoisotopic (exact) mass is 1320 g/mol. The fourth-order valence-electron chi connectivity index (χ4n) is 16.9. The molecule has 0 spiro atoms. The highest BCUT2D eigenvalue weighted by Crippen LogP contribution is 2.54. The first-order valence-electron chi connectivity index (χ1n) is 36.1. The van der Waals surface area contributed by atoms with E-state index < -0.39 is 0 Å². The Bertz CT molecular complexity index is 6050. The highest BCUT2D eigenvalue weighted by atomic mass is 14.3. The summed E-state index contributed by atoms with van der Waals surface area (Å²) in [4.78, 5) is 0. The molecule has 0 nitrogen and oxygen atoms in total. The van der Waals surface area contributed by atoms with E-state index in [0.29, 0.717) is 0 Å². The maximum atomic E-state index is 2.35. The van der Waals surface area contributed by atoms with Gasteiger partial charge in [-0.05, 0) is 210 Å². The molecule has 0 aliphatic rings. The molecule has 0 heteroatoms. The van der Waals surface area contributed by atoms with Crippen molar-refractivity contribution >= 4 is 86.2 Å². The summed E-state index contributed by atoms with van der Waals surface area (Å²) in [5.41, 5.74) is 25.0. The van der Waals surface area contributed by atoms with Gasteiger partial charge in [0.05, 0.1) is 0 Å². The van der Waals surface area contributed by atoms with Crippen molar-refractivity contribution in [1.82, 2.24) is 0 Å². The first kappa shape index (κ1) is 61.6. The van der Waals surface area contributed by atoms with Crippen LogP contribution in [0.1, 0.15) is 0 Å². The van der Waals surface area contributed by atoms with Gasteiger partial charge in [0.15, 0.2) is 0 Å². The molecule has 104 heavy (non-hydrogen) atoms. The molecule has 0 saturated heterocycles. The lowest BCUT2D eigenvalue weighted by Crippen LogP contribution is -1.96. The Morgan fingerprint density at radius 2 is 0.250 bits per heavy atom. The lowest BCUT2D eigenvalue weighted by molar-refractivity contribution is 1.60. The van der Waals surface area contributed by atoms with Crippen molar-refractivity contribution < 1.29 is 0 Å². The zero-order valence-corrected chi connectivity index (χ0v) is 57.3. The van der Waals surface area contributed by atoms with Crippen LogP contribution in [0.3, 0.4) is 0 Å². The lowest BCUT2D eigenvalue weighted by atomic mass is 9.79. The summed E-state index contributed by atoms with van der Waals surface area (Å²) >= 11 is 0. The molecule has 20 rings (SSSR count).